The fraction of sp³-hybridized carbons (Fsp3) is 0.500. The van der Waals surface area contributed by atoms with Gasteiger partial charge in [-0.25, -0.2) is 0 Å². The van der Waals surface area contributed by atoms with Crippen molar-refractivity contribution in [1.29, 1.82) is 0 Å². The lowest BCUT2D eigenvalue weighted by atomic mass is 9.64. The standard InChI is InChI=1S/C24H30N4O2/c1-18-6-5-9-22(30)28(18)11-10-21(29)25-23-19-14-26-12-13-27(15-19)17-24(23,16-26)20-7-3-2-4-8-20/h2-9,19,23H,10-17H2,1H3,(H,25,29)/t19?,23-,24?/m1/s1. The molecule has 30 heavy (non-hydrogen) atoms. The monoisotopic (exact) mass is 406 g/mol. The van der Waals surface area contributed by atoms with Crippen LogP contribution in [0.4, 0.5) is 0 Å². The molecule has 4 aliphatic heterocycles. The molecular formula is C24H30N4O2. The summed E-state index contributed by atoms with van der Waals surface area (Å²) >= 11 is 0. The minimum atomic E-state index is -0.0753. The Morgan fingerprint density at radius 3 is 2.40 bits per heavy atom. The zero-order chi connectivity index (χ0) is 20.7. The number of aromatic nitrogens is 1. The maximum absolute atomic E-state index is 13.0. The molecule has 6 heteroatoms. The molecule has 3 atom stereocenters. The largest absolute Gasteiger partial charge is 0.352 e. The maximum Gasteiger partial charge on any atom is 0.250 e. The summed E-state index contributed by atoms with van der Waals surface area (Å²) in [6.07, 6.45) is 0.326. The van der Waals surface area contributed by atoms with Crippen molar-refractivity contribution in [3.05, 3.63) is 70.1 Å². The van der Waals surface area contributed by atoms with Gasteiger partial charge in [-0.15, -0.1) is 0 Å². The van der Waals surface area contributed by atoms with Gasteiger partial charge in [0, 0.05) is 81.4 Å². The summed E-state index contributed by atoms with van der Waals surface area (Å²) < 4.78 is 1.69. The second-order valence-electron chi connectivity index (χ2n) is 9.20. The summed E-state index contributed by atoms with van der Waals surface area (Å²) in [7, 11) is 0. The van der Waals surface area contributed by atoms with Crippen LogP contribution in [-0.2, 0) is 16.8 Å². The van der Waals surface area contributed by atoms with E-state index in [1.54, 1.807) is 16.7 Å². The van der Waals surface area contributed by atoms with E-state index in [2.05, 4.69) is 45.4 Å². The van der Waals surface area contributed by atoms with E-state index in [0.717, 1.165) is 45.0 Å². The van der Waals surface area contributed by atoms with Crippen LogP contribution < -0.4 is 10.9 Å². The van der Waals surface area contributed by atoms with Gasteiger partial charge in [0.05, 0.1) is 0 Å². The van der Waals surface area contributed by atoms with E-state index in [0.29, 0.717) is 18.9 Å². The van der Waals surface area contributed by atoms with Gasteiger partial charge in [-0.3, -0.25) is 9.59 Å². The Morgan fingerprint density at radius 2 is 1.73 bits per heavy atom. The Kier molecular flexibility index (Phi) is 4.99. The molecule has 1 aromatic heterocycles. The molecule has 0 spiro atoms. The van der Waals surface area contributed by atoms with Gasteiger partial charge in [-0.05, 0) is 18.6 Å². The van der Waals surface area contributed by atoms with Crippen LogP contribution in [0, 0.1) is 12.8 Å². The molecule has 1 amide bonds. The maximum atomic E-state index is 13.0. The summed E-state index contributed by atoms with van der Waals surface area (Å²) in [5.41, 5.74) is 2.10. The van der Waals surface area contributed by atoms with Gasteiger partial charge in [-0.2, -0.15) is 0 Å². The highest BCUT2D eigenvalue weighted by Crippen LogP contribution is 2.43. The number of rotatable bonds is 5. The molecule has 6 rings (SSSR count). The highest BCUT2D eigenvalue weighted by Gasteiger charge is 2.55. The molecule has 6 nitrogen and oxygen atoms in total. The molecule has 2 aromatic rings. The van der Waals surface area contributed by atoms with Crippen LogP contribution in [0.5, 0.6) is 0 Å². The average molecular weight is 407 g/mol. The molecule has 5 heterocycles. The molecular weight excluding hydrogens is 376 g/mol. The number of hydrogen-bond donors (Lipinski definition) is 1. The molecule has 0 aliphatic carbocycles. The number of hydrogen-bond acceptors (Lipinski definition) is 4. The van der Waals surface area contributed by atoms with E-state index in [1.165, 1.54) is 5.56 Å². The number of piperidine rings is 2. The van der Waals surface area contributed by atoms with Crippen molar-refractivity contribution in [3.63, 3.8) is 0 Å². The van der Waals surface area contributed by atoms with E-state index >= 15 is 0 Å². The minimum absolute atomic E-state index is 0.0432. The molecule has 158 valence electrons. The van der Waals surface area contributed by atoms with Crippen molar-refractivity contribution >= 4 is 5.91 Å². The van der Waals surface area contributed by atoms with Crippen LogP contribution in [0.25, 0.3) is 0 Å². The average Bonchev–Trinajstić information content (AvgIpc) is 2.99. The summed E-state index contributed by atoms with van der Waals surface area (Å²) in [5.74, 6) is 0.474. The van der Waals surface area contributed by atoms with Gasteiger partial charge in [0.25, 0.3) is 5.56 Å². The molecule has 4 saturated heterocycles. The first kappa shape index (κ1) is 19.5. The highest BCUT2D eigenvalue weighted by molar-refractivity contribution is 5.76. The van der Waals surface area contributed by atoms with Crippen molar-refractivity contribution in [3.8, 4) is 0 Å². The van der Waals surface area contributed by atoms with Crippen molar-refractivity contribution in [2.24, 2.45) is 5.92 Å². The molecule has 4 bridgehead atoms. The summed E-state index contributed by atoms with van der Waals surface area (Å²) in [5, 5.41) is 3.43. The lowest BCUT2D eigenvalue weighted by Crippen LogP contribution is -2.70. The Hall–Kier alpha value is -2.44. The molecule has 4 fully saturated rings. The number of nitrogens with zero attached hydrogens (tertiary/aromatic N) is 3. The van der Waals surface area contributed by atoms with Crippen LogP contribution in [-0.4, -0.2) is 65.6 Å². The van der Waals surface area contributed by atoms with Gasteiger partial charge in [0.15, 0.2) is 0 Å². The molecule has 0 radical (unpaired) electrons. The fourth-order valence-electron chi connectivity index (χ4n) is 5.94. The van der Waals surface area contributed by atoms with Gasteiger partial charge < -0.3 is 19.7 Å². The van der Waals surface area contributed by atoms with E-state index in [9.17, 15) is 9.59 Å². The number of carbonyl (C=O) groups is 1. The van der Waals surface area contributed by atoms with Gasteiger partial charge >= 0.3 is 0 Å². The van der Waals surface area contributed by atoms with Crippen LogP contribution in [0.15, 0.2) is 53.3 Å². The normalized spacial score (nSPS) is 32.0. The predicted octanol–water partition coefficient (Wildman–Crippen LogP) is 1.23. The van der Waals surface area contributed by atoms with Crippen molar-refractivity contribution in [2.75, 3.05) is 39.3 Å². The lowest BCUT2D eigenvalue weighted by molar-refractivity contribution is -0.124. The van der Waals surface area contributed by atoms with E-state index in [1.807, 2.05) is 13.0 Å². The number of fused-ring (bicyclic) bond motifs is 1. The minimum Gasteiger partial charge on any atom is -0.352 e. The van der Waals surface area contributed by atoms with Gasteiger partial charge in [-0.1, -0.05) is 36.4 Å². The van der Waals surface area contributed by atoms with E-state index < -0.39 is 0 Å². The highest BCUT2D eigenvalue weighted by atomic mass is 16.2. The van der Waals surface area contributed by atoms with Gasteiger partial charge in [0.1, 0.15) is 0 Å². The zero-order valence-corrected chi connectivity index (χ0v) is 17.6. The molecule has 1 N–H and O–H groups in total. The molecule has 1 aromatic carbocycles. The van der Waals surface area contributed by atoms with Crippen molar-refractivity contribution < 1.29 is 4.79 Å². The van der Waals surface area contributed by atoms with Crippen LogP contribution in [0.2, 0.25) is 0 Å². The number of pyridine rings is 1. The quantitative estimate of drug-likeness (QED) is 0.812. The van der Waals surface area contributed by atoms with Crippen LogP contribution >= 0.6 is 0 Å². The van der Waals surface area contributed by atoms with Crippen LogP contribution in [0.3, 0.4) is 0 Å². The smallest absolute Gasteiger partial charge is 0.250 e. The predicted molar refractivity (Wildman–Crippen MR) is 116 cm³/mol. The number of amides is 1. The topological polar surface area (TPSA) is 57.6 Å². The number of carbonyl (C=O) groups excluding carboxylic acids is 1. The summed E-state index contributed by atoms with van der Waals surface area (Å²) in [6.45, 7) is 8.64. The van der Waals surface area contributed by atoms with Crippen molar-refractivity contribution in [1.82, 2.24) is 19.7 Å². The van der Waals surface area contributed by atoms with E-state index in [4.69, 9.17) is 0 Å². The third-order valence-electron chi connectivity index (χ3n) is 7.29. The first-order chi connectivity index (χ1) is 14.5. The van der Waals surface area contributed by atoms with E-state index in [-0.39, 0.29) is 22.9 Å². The Morgan fingerprint density at radius 1 is 1.03 bits per heavy atom. The SMILES string of the molecule is Cc1cccc(=O)n1CCC(=O)N[C@@H]1C2CN3CCN(C2)CC1(c1ccccc1)C3. The number of benzene rings is 1. The first-order valence-electron chi connectivity index (χ1n) is 11.0. The lowest BCUT2D eigenvalue weighted by Gasteiger charge is -2.55. The molecule has 0 saturated carbocycles. The van der Waals surface area contributed by atoms with Gasteiger partial charge in [0.2, 0.25) is 5.91 Å². The Bertz CT molecular complexity index is 970. The Labute approximate surface area is 177 Å². The van der Waals surface area contributed by atoms with Crippen LogP contribution in [0.1, 0.15) is 17.7 Å². The third-order valence-corrected chi connectivity index (χ3v) is 7.29. The fourth-order valence-corrected chi connectivity index (χ4v) is 5.94. The number of aryl methyl sites for hydroxylation is 1. The number of nitrogens with one attached hydrogen (secondary N) is 1. The van der Waals surface area contributed by atoms with Crippen molar-refractivity contribution in [2.45, 2.75) is 31.3 Å². The summed E-state index contributed by atoms with van der Waals surface area (Å²) in [4.78, 5) is 30.3. The second-order valence-corrected chi connectivity index (χ2v) is 9.20. The third kappa shape index (κ3) is 3.38. The zero-order valence-electron chi connectivity index (χ0n) is 17.6. The first-order valence-corrected chi connectivity index (χ1v) is 11.0. The second kappa shape index (κ2) is 7.67. The Balaban J connectivity index is 1.38. The molecule has 4 aliphatic rings. The molecule has 2 unspecified atom stereocenters. The summed E-state index contributed by atoms with van der Waals surface area (Å²) in [6, 6.07) is 16.1.